The number of aliphatic hydroxyl groups excluding tert-OH is 1. The summed E-state index contributed by atoms with van der Waals surface area (Å²) in [6.45, 7) is 1.44. The van der Waals surface area contributed by atoms with E-state index < -0.39 is 11.6 Å². The minimum absolute atomic E-state index is 0. The van der Waals surface area contributed by atoms with Gasteiger partial charge in [-0.1, -0.05) is 17.7 Å². The SMILES string of the molecule is Cl.NC1(C(=O)N2C[C@H]3C[C@@H](Oc4cccc(Cl)c4)[C@H](O)C[C@H]3C2)CCC1. The monoisotopic (exact) mass is 400 g/mol. The van der Waals surface area contributed by atoms with Crippen LogP contribution in [0.15, 0.2) is 24.3 Å². The first-order chi connectivity index (χ1) is 11.9. The molecule has 0 aromatic heterocycles. The molecule has 1 amide bonds. The van der Waals surface area contributed by atoms with Gasteiger partial charge in [-0.3, -0.25) is 4.79 Å². The van der Waals surface area contributed by atoms with E-state index in [0.717, 1.165) is 32.2 Å². The largest absolute Gasteiger partial charge is 0.488 e. The van der Waals surface area contributed by atoms with Crippen molar-refractivity contribution < 1.29 is 14.6 Å². The van der Waals surface area contributed by atoms with Gasteiger partial charge < -0.3 is 20.5 Å². The zero-order valence-corrected chi connectivity index (χ0v) is 16.2. The lowest BCUT2D eigenvalue weighted by atomic mass is 9.76. The molecule has 7 heteroatoms. The van der Waals surface area contributed by atoms with E-state index in [1.54, 1.807) is 12.1 Å². The number of ether oxygens (including phenoxy) is 1. The molecule has 3 aliphatic rings. The fraction of sp³-hybridized carbons (Fsp3) is 0.632. The van der Waals surface area contributed by atoms with Gasteiger partial charge in [0.25, 0.3) is 0 Å². The molecule has 0 spiro atoms. The predicted molar refractivity (Wildman–Crippen MR) is 103 cm³/mol. The molecule has 1 aromatic carbocycles. The summed E-state index contributed by atoms with van der Waals surface area (Å²) >= 11 is 6.01. The molecular formula is C19H26Cl2N2O3. The summed E-state index contributed by atoms with van der Waals surface area (Å²) in [7, 11) is 0. The molecule has 0 bridgehead atoms. The summed E-state index contributed by atoms with van der Waals surface area (Å²) < 4.78 is 5.99. The first kappa shape index (κ1) is 19.7. The number of nitrogens with zero attached hydrogens (tertiary/aromatic N) is 1. The average molecular weight is 401 g/mol. The number of likely N-dealkylation sites (tertiary alicyclic amines) is 1. The number of carbonyl (C=O) groups excluding carboxylic acids is 1. The van der Waals surface area contributed by atoms with Crippen LogP contribution in [0, 0.1) is 11.8 Å². The van der Waals surface area contributed by atoms with Crippen LogP contribution >= 0.6 is 24.0 Å². The van der Waals surface area contributed by atoms with E-state index in [1.165, 1.54) is 0 Å². The van der Waals surface area contributed by atoms with Crippen LogP contribution in [-0.4, -0.2) is 46.7 Å². The van der Waals surface area contributed by atoms with Crippen molar-refractivity contribution in [3.63, 3.8) is 0 Å². The number of benzene rings is 1. The van der Waals surface area contributed by atoms with Crippen molar-refractivity contribution in [1.82, 2.24) is 4.90 Å². The van der Waals surface area contributed by atoms with Crippen molar-refractivity contribution in [2.24, 2.45) is 17.6 Å². The first-order valence-electron chi connectivity index (χ1n) is 9.13. The van der Waals surface area contributed by atoms with Gasteiger partial charge in [-0.25, -0.2) is 0 Å². The summed E-state index contributed by atoms with van der Waals surface area (Å²) in [6, 6.07) is 7.25. The summed E-state index contributed by atoms with van der Waals surface area (Å²) in [6.07, 6.45) is 3.26. The molecule has 1 aromatic rings. The van der Waals surface area contributed by atoms with Crippen LogP contribution < -0.4 is 10.5 Å². The fourth-order valence-corrected chi connectivity index (χ4v) is 4.66. The molecule has 3 N–H and O–H groups in total. The van der Waals surface area contributed by atoms with Gasteiger partial charge in [0.2, 0.25) is 5.91 Å². The highest BCUT2D eigenvalue weighted by Crippen LogP contribution is 2.40. The third kappa shape index (κ3) is 3.68. The van der Waals surface area contributed by atoms with Crippen LogP contribution in [0.3, 0.4) is 0 Å². The molecule has 4 rings (SSSR count). The Morgan fingerprint density at radius 3 is 2.58 bits per heavy atom. The summed E-state index contributed by atoms with van der Waals surface area (Å²) in [5.41, 5.74) is 5.57. The molecule has 2 saturated carbocycles. The van der Waals surface area contributed by atoms with Crippen molar-refractivity contribution in [2.45, 2.75) is 49.9 Å². The maximum atomic E-state index is 12.7. The highest BCUT2D eigenvalue weighted by Gasteiger charge is 2.49. The Kier molecular flexibility index (Phi) is 5.73. The maximum absolute atomic E-state index is 12.7. The average Bonchev–Trinajstić information content (AvgIpc) is 2.95. The van der Waals surface area contributed by atoms with Crippen molar-refractivity contribution in [3.05, 3.63) is 29.3 Å². The number of hydrogen-bond acceptors (Lipinski definition) is 4. The van der Waals surface area contributed by atoms with Crippen LogP contribution in [0.5, 0.6) is 5.75 Å². The normalized spacial score (nSPS) is 32.2. The number of rotatable bonds is 3. The van der Waals surface area contributed by atoms with E-state index in [9.17, 15) is 9.90 Å². The summed E-state index contributed by atoms with van der Waals surface area (Å²) in [5.74, 6) is 1.47. The minimum atomic E-state index is -0.636. The summed E-state index contributed by atoms with van der Waals surface area (Å²) in [4.78, 5) is 14.6. The number of carbonyl (C=O) groups is 1. The molecule has 1 aliphatic heterocycles. The predicted octanol–water partition coefficient (Wildman–Crippen LogP) is 2.62. The zero-order chi connectivity index (χ0) is 17.6. The van der Waals surface area contributed by atoms with Crippen LogP contribution in [0.1, 0.15) is 32.1 Å². The van der Waals surface area contributed by atoms with E-state index in [4.69, 9.17) is 22.1 Å². The molecule has 3 fully saturated rings. The fourth-order valence-electron chi connectivity index (χ4n) is 4.48. The Balaban J connectivity index is 0.00000196. The van der Waals surface area contributed by atoms with Gasteiger partial charge in [-0.05, 0) is 62.1 Å². The number of aliphatic hydroxyl groups is 1. The van der Waals surface area contributed by atoms with E-state index in [0.29, 0.717) is 35.6 Å². The highest BCUT2D eigenvalue weighted by atomic mass is 35.5. The van der Waals surface area contributed by atoms with Gasteiger partial charge >= 0.3 is 0 Å². The maximum Gasteiger partial charge on any atom is 0.242 e. The molecule has 5 nitrogen and oxygen atoms in total. The molecule has 1 saturated heterocycles. The Morgan fingerprint density at radius 2 is 1.96 bits per heavy atom. The lowest BCUT2D eigenvalue weighted by Crippen LogP contribution is -2.59. The molecule has 26 heavy (non-hydrogen) atoms. The molecular weight excluding hydrogens is 375 g/mol. The number of nitrogens with two attached hydrogens (primary N) is 1. The topological polar surface area (TPSA) is 75.8 Å². The van der Waals surface area contributed by atoms with Crippen LogP contribution in [0.2, 0.25) is 5.02 Å². The number of amides is 1. The van der Waals surface area contributed by atoms with Crippen molar-refractivity contribution in [1.29, 1.82) is 0 Å². The molecule has 0 unspecified atom stereocenters. The molecule has 1 heterocycles. The third-order valence-corrected chi connectivity index (χ3v) is 6.36. The Morgan fingerprint density at radius 1 is 1.27 bits per heavy atom. The van der Waals surface area contributed by atoms with Crippen LogP contribution in [-0.2, 0) is 4.79 Å². The number of halogens is 2. The summed E-state index contributed by atoms with van der Waals surface area (Å²) in [5, 5.41) is 11.1. The number of fused-ring (bicyclic) bond motifs is 1. The Bertz CT molecular complexity index is 668. The smallest absolute Gasteiger partial charge is 0.242 e. The lowest BCUT2D eigenvalue weighted by molar-refractivity contribution is -0.139. The van der Waals surface area contributed by atoms with Crippen LogP contribution in [0.4, 0.5) is 0 Å². The van der Waals surface area contributed by atoms with Crippen molar-refractivity contribution >= 4 is 29.9 Å². The van der Waals surface area contributed by atoms with Crippen molar-refractivity contribution in [2.75, 3.05) is 13.1 Å². The van der Waals surface area contributed by atoms with E-state index in [1.807, 2.05) is 17.0 Å². The molecule has 144 valence electrons. The highest BCUT2D eigenvalue weighted by molar-refractivity contribution is 6.30. The van der Waals surface area contributed by atoms with Gasteiger partial charge in [-0.2, -0.15) is 0 Å². The molecule has 0 radical (unpaired) electrons. The van der Waals surface area contributed by atoms with Gasteiger partial charge in [0.15, 0.2) is 0 Å². The van der Waals surface area contributed by atoms with Gasteiger partial charge in [0.1, 0.15) is 11.9 Å². The van der Waals surface area contributed by atoms with E-state index in [2.05, 4.69) is 0 Å². The second kappa shape index (κ2) is 7.55. The van der Waals surface area contributed by atoms with E-state index >= 15 is 0 Å². The van der Waals surface area contributed by atoms with Gasteiger partial charge in [-0.15, -0.1) is 12.4 Å². The second-order valence-electron chi connectivity index (χ2n) is 7.89. The Labute approximate surface area is 165 Å². The third-order valence-electron chi connectivity index (χ3n) is 6.13. The van der Waals surface area contributed by atoms with Gasteiger partial charge in [0.05, 0.1) is 11.6 Å². The lowest BCUT2D eigenvalue weighted by Gasteiger charge is -2.39. The van der Waals surface area contributed by atoms with Crippen LogP contribution in [0.25, 0.3) is 0 Å². The standard InChI is InChI=1S/C19H25ClN2O3.ClH/c20-14-3-1-4-15(9-14)25-17-8-13-11-22(10-12(13)7-16(17)23)18(24)19(21)5-2-6-19;/h1,3-4,9,12-13,16-17,23H,2,5-8,10-11,21H2;1H/t12-,13+,16+,17+;/m0./s1. The second-order valence-corrected chi connectivity index (χ2v) is 8.33. The van der Waals surface area contributed by atoms with Crippen molar-refractivity contribution in [3.8, 4) is 5.75 Å². The zero-order valence-electron chi connectivity index (χ0n) is 14.6. The Hall–Kier alpha value is -1.01. The minimum Gasteiger partial charge on any atom is -0.488 e. The van der Waals surface area contributed by atoms with E-state index in [-0.39, 0.29) is 24.4 Å². The van der Waals surface area contributed by atoms with Gasteiger partial charge in [0, 0.05) is 18.1 Å². The number of hydrogen-bond donors (Lipinski definition) is 2. The quantitative estimate of drug-likeness (QED) is 0.817. The molecule has 4 atom stereocenters. The first-order valence-corrected chi connectivity index (χ1v) is 9.51. The molecule has 2 aliphatic carbocycles.